The smallest absolute Gasteiger partial charge is 0.317 e. The molecule has 1 aromatic rings. The van der Waals surface area contributed by atoms with Gasteiger partial charge in [-0.15, -0.1) is 0 Å². The van der Waals surface area contributed by atoms with Crippen molar-refractivity contribution >= 4 is 5.97 Å². The first kappa shape index (κ1) is 16.9. The molecule has 0 bridgehead atoms. The van der Waals surface area contributed by atoms with Crippen LogP contribution in [0.15, 0.2) is 4.52 Å². The largest absolute Gasteiger partial charge is 0.480 e. The zero-order valence-corrected chi connectivity index (χ0v) is 13.6. The normalized spacial score (nSPS) is 22.5. The molecule has 0 aromatic carbocycles. The highest BCUT2D eigenvalue weighted by molar-refractivity contribution is 5.69. The first-order valence-electron chi connectivity index (χ1n) is 7.87. The Balaban J connectivity index is 1.81. The average molecular weight is 310 g/mol. The molecule has 0 radical (unpaired) electrons. The van der Waals surface area contributed by atoms with E-state index in [-0.39, 0.29) is 12.1 Å². The molecule has 7 nitrogen and oxygen atoms in total. The van der Waals surface area contributed by atoms with Gasteiger partial charge in [-0.25, -0.2) is 0 Å². The lowest BCUT2D eigenvalue weighted by molar-refractivity contribution is -0.136. The summed E-state index contributed by atoms with van der Waals surface area (Å²) in [6.45, 7) is 8.70. The van der Waals surface area contributed by atoms with Crippen molar-refractivity contribution in [2.45, 2.75) is 52.1 Å². The first-order valence-corrected chi connectivity index (χ1v) is 7.87. The van der Waals surface area contributed by atoms with Crippen molar-refractivity contribution in [3.8, 4) is 0 Å². The van der Waals surface area contributed by atoms with E-state index >= 15 is 0 Å². The number of hydrogen-bond donors (Lipinski definition) is 2. The van der Waals surface area contributed by atoms with Crippen LogP contribution in [0.5, 0.6) is 0 Å². The van der Waals surface area contributed by atoms with Crippen LogP contribution in [0.1, 0.15) is 45.3 Å². The van der Waals surface area contributed by atoms with Gasteiger partial charge in [-0.05, 0) is 25.7 Å². The van der Waals surface area contributed by atoms with Crippen LogP contribution in [0, 0.1) is 5.92 Å². The van der Waals surface area contributed by atoms with Gasteiger partial charge in [-0.1, -0.05) is 19.0 Å². The summed E-state index contributed by atoms with van der Waals surface area (Å²) in [5.41, 5.74) is -0.168. The van der Waals surface area contributed by atoms with Crippen LogP contribution >= 0.6 is 0 Å². The van der Waals surface area contributed by atoms with Gasteiger partial charge in [0.2, 0.25) is 5.89 Å². The second-order valence-electron chi connectivity index (χ2n) is 6.81. The second-order valence-corrected chi connectivity index (χ2v) is 6.81. The fourth-order valence-electron chi connectivity index (χ4n) is 2.69. The van der Waals surface area contributed by atoms with Gasteiger partial charge in [-0.3, -0.25) is 9.69 Å². The van der Waals surface area contributed by atoms with Crippen LogP contribution in [-0.2, 0) is 17.8 Å². The predicted octanol–water partition coefficient (Wildman–Crippen LogP) is 1.30. The molecule has 2 heterocycles. The Morgan fingerprint density at radius 1 is 1.55 bits per heavy atom. The molecule has 22 heavy (non-hydrogen) atoms. The summed E-state index contributed by atoms with van der Waals surface area (Å²) in [4.78, 5) is 17.3. The molecule has 1 fully saturated rings. The molecule has 124 valence electrons. The summed E-state index contributed by atoms with van der Waals surface area (Å²) >= 11 is 0. The van der Waals surface area contributed by atoms with E-state index in [2.05, 4.69) is 41.1 Å². The molecular weight excluding hydrogens is 284 g/mol. The lowest BCUT2D eigenvalue weighted by atomic mass is 10.0. The van der Waals surface area contributed by atoms with Crippen molar-refractivity contribution in [2.75, 3.05) is 19.6 Å². The number of carboxylic acids is 1. The molecule has 0 spiro atoms. The van der Waals surface area contributed by atoms with Crippen LogP contribution in [0.4, 0.5) is 0 Å². The minimum absolute atomic E-state index is 0.00967. The molecule has 1 unspecified atom stereocenters. The summed E-state index contributed by atoms with van der Waals surface area (Å²) in [5.74, 6) is 1.21. The summed E-state index contributed by atoms with van der Waals surface area (Å²) < 4.78 is 5.31. The van der Waals surface area contributed by atoms with Gasteiger partial charge in [0.05, 0.1) is 13.1 Å². The fourth-order valence-corrected chi connectivity index (χ4v) is 2.69. The number of aryl methyl sites for hydroxylation is 1. The van der Waals surface area contributed by atoms with Crippen LogP contribution in [-0.4, -0.2) is 51.3 Å². The number of carbonyl (C=O) groups is 1. The van der Waals surface area contributed by atoms with Gasteiger partial charge < -0.3 is 14.9 Å². The third kappa shape index (κ3) is 5.06. The van der Waals surface area contributed by atoms with E-state index in [9.17, 15) is 4.79 Å². The maximum atomic E-state index is 10.7. The molecule has 1 aliphatic heterocycles. The predicted molar refractivity (Wildman–Crippen MR) is 81.4 cm³/mol. The number of carboxylic acid groups (broad SMARTS) is 1. The van der Waals surface area contributed by atoms with E-state index in [4.69, 9.17) is 9.63 Å². The Labute approximate surface area is 131 Å². The molecule has 0 amide bonds. The van der Waals surface area contributed by atoms with Crippen molar-refractivity contribution in [3.63, 3.8) is 0 Å². The van der Waals surface area contributed by atoms with Crippen LogP contribution in [0.3, 0.4) is 0 Å². The van der Waals surface area contributed by atoms with Gasteiger partial charge in [0.1, 0.15) is 0 Å². The summed E-state index contributed by atoms with van der Waals surface area (Å²) in [7, 11) is 0. The minimum Gasteiger partial charge on any atom is -0.480 e. The zero-order valence-electron chi connectivity index (χ0n) is 13.6. The number of aliphatic carboxylic acids is 1. The standard InChI is InChI=1S/C15H26N4O3/c1-11(2)4-5-12-17-13(22-18-12)9-19-7-6-15(3,10-19)16-8-14(20)21/h11,16H,4-10H2,1-3H3,(H,20,21). The third-order valence-electron chi connectivity index (χ3n) is 4.03. The number of rotatable bonds is 8. The third-order valence-corrected chi connectivity index (χ3v) is 4.03. The van der Waals surface area contributed by atoms with E-state index in [0.29, 0.717) is 18.4 Å². The molecule has 0 saturated carbocycles. The van der Waals surface area contributed by atoms with Gasteiger partial charge in [0.15, 0.2) is 5.82 Å². The van der Waals surface area contributed by atoms with Crippen molar-refractivity contribution in [2.24, 2.45) is 5.92 Å². The molecule has 2 N–H and O–H groups in total. The highest BCUT2D eigenvalue weighted by Gasteiger charge is 2.34. The zero-order chi connectivity index (χ0) is 16.2. The Kier molecular flexibility index (Phi) is 5.52. The molecule has 1 saturated heterocycles. The number of nitrogens with zero attached hydrogens (tertiary/aromatic N) is 3. The topological polar surface area (TPSA) is 91.5 Å². The lowest BCUT2D eigenvalue weighted by Crippen LogP contribution is -2.46. The quantitative estimate of drug-likeness (QED) is 0.747. The number of hydrogen-bond acceptors (Lipinski definition) is 6. The molecule has 1 aliphatic rings. The Hall–Kier alpha value is -1.47. The number of likely N-dealkylation sites (tertiary alicyclic amines) is 1. The Morgan fingerprint density at radius 3 is 3.00 bits per heavy atom. The number of aromatic nitrogens is 2. The second kappa shape index (κ2) is 7.19. The Morgan fingerprint density at radius 2 is 2.32 bits per heavy atom. The van der Waals surface area contributed by atoms with E-state index in [1.807, 2.05) is 0 Å². The van der Waals surface area contributed by atoms with Crippen LogP contribution in [0.25, 0.3) is 0 Å². The SMILES string of the molecule is CC(C)CCc1noc(CN2CCC(C)(NCC(=O)O)C2)n1. The van der Waals surface area contributed by atoms with Gasteiger partial charge in [0, 0.05) is 25.0 Å². The summed E-state index contributed by atoms with van der Waals surface area (Å²) in [6, 6.07) is 0. The average Bonchev–Trinajstić information content (AvgIpc) is 3.03. The first-order chi connectivity index (χ1) is 10.4. The molecule has 1 aromatic heterocycles. The van der Waals surface area contributed by atoms with Crippen LogP contribution < -0.4 is 5.32 Å². The maximum Gasteiger partial charge on any atom is 0.317 e. The molecule has 2 rings (SSSR count). The number of nitrogens with one attached hydrogen (secondary N) is 1. The van der Waals surface area contributed by atoms with E-state index in [1.54, 1.807) is 0 Å². The van der Waals surface area contributed by atoms with Crippen molar-refractivity contribution in [1.29, 1.82) is 0 Å². The van der Waals surface area contributed by atoms with Gasteiger partial charge in [-0.2, -0.15) is 4.98 Å². The fraction of sp³-hybridized carbons (Fsp3) is 0.800. The molecule has 1 atom stereocenters. The highest BCUT2D eigenvalue weighted by Crippen LogP contribution is 2.22. The van der Waals surface area contributed by atoms with E-state index in [0.717, 1.165) is 38.2 Å². The van der Waals surface area contributed by atoms with Crippen molar-refractivity contribution in [3.05, 3.63) is 11.7 Å². The van der Waals surface area contributed by atoms with Gasteiger partial charge in [0.25, 0.3) is 0 Å². The van der Waals surface area contributed by atoms with Crippen molar-refractivity contribution < 1.29 is 14.4 Å². The Bertz CT molecular complexity index is 503. The van der Waals surface area contributed by atoms with E-state index < -0.39 is 5.97 Å². The summed E-state index contributed by atoms with van der Waals surface area (Å²) in [6.07, 6.45) is 2.81. The van der Waals surface area contributed by atoms with Crippen molar-refractivity contribution in [1.82, 2.24) is 20.4 Å². The maximum absolute atomic E-state index is 10.7. The summed E-state index contributed by atoms with van der Waals surface area (Å²) in [5, 5.41) is 15.9. The monoisotopic (exact) mass is 310 g/mol. The van der Waals surface area contributed by atoms with E-state index in [1.165, 1.54) is 0 Å². The van der Waals surface area contributed by atoms with Crippen LogP contribution in [0.2, 0.25) is 0 Å². The highest BCUT2D eigenvalue weighted by atomic mass is 16.5. The molecule has 7 heteroatoms. The molecule has 0 aliphatic carbocycles. The lowest BCUT2D eigenvalue weighted by Gasteiger charge is -2.25. The van der Waals surface area contributed by atoms with Gasteiger partial charge >= 0.3 is 5.97 Å². The minimum atomic E-state index is -0.827. The molecular formula is C15H26N4O3.